The summed E-state index contributed by atoms with van der Waals surface area (Å²) in [6, 6.07) is 0. The lowest BCUT2D eigenvalue weighted by atomic mass is 10.3. The number of rotatable bonds is 8. The summed E-state index contributed by atoms with van der Waals surface area (Å²) in [5.41, 5.74) is 4.93. The molecule has 15 heavy (non-hydrogen) atoms. The maximum Gasteiger partial charge on any atom is 0.227 e. The largest absolute Gasteiger partial charge is 0.393 e. The number of nitrogens with one attached hydrogen (secondary N) is 1. The molecule has 1 atom stereocenters. The van der Waals surface area contributed by atoms with Crippen molar-refractivity contribution in [2.45, 2.75) is 25.9 Å². The molecule has 4 N–H and O–H groups in total. The first-order valence-corrected chi connectivity index (χ1v) is 5.98. The Kier molecular flexibility index (Phi) is 8.12. The number of aliphatic hydroxyl groups is 1. The zero-order chi connectivity index (χ0) is 11.7. The van der Waals surface area contributed by atoms with Gasteiger partial charge in [0.15, 0.2) is 0 Å². The third-order valence-electron chi connectivity index (χ3n) is 1.60. The molecule has 0 fully saturated rings. The minimum atomic E-state index is -0.394. The fourth-order valence-electron chi connectivity index (χ4n) is 0.846. The number of nitrogens with two attached hydrogens (primary N) is 1. The molecule has 0 aliphatic carbocycles. The van der Waals surface area contributed by atoms with Gasteiger partial charge in [-0.3, -0.25) is 9.59 Å². The van der Waals surface area contributed by atoms with Crippen LogP contribution in [0.15, 0.2) is 0 Å². The lowest BCUT2D eigenvalue weighted by Crippen LogP contribution is -2.26. The third-order valence-corrected chi connectivity index (χ3v) is 2.58. The number of carbonyl (C=O) groups is 2. The Balaban J connectivity index is 3.30. The summed E-state index contributed by atoms with van der Waals surface area (Å²) in [5.74, 6) is 0.409. The minimum Gasteiger partial charge on any atom is -0.393 e. The first kappa shape index (κ1) is 14.2. The van der Waals surface area contributed by atoms with Gasteiger partial charge in [0.1, 0.15) is 0 Å². The van der Waals surface area contributed by atoms with E-state index in [-0.39, 0.29) is 17.6 Å². The predicted octanol–water partition coefficient (Wildman–Crippen LogP) is -0.518. The van der Waals surface area contributed by atoms with E-state index in [1.807, 2.05) is 0 Å². The van der Waals surface area contributed by atoms with E-state index in [4.69, 9.17) is 10.8 Å². The summed E-state index contributed by atoms with van der Waals surface area (Å²) in [6.07, 6.45) is 0.535. The standard InChI is InChI=1S/C9H18N2O3S/c1-7(12)2-4-11-9(14)3-5-15-6-8(10)13/h7,12H,2-6H2,1H3,(H2,10,13)(H,11,14). The van der Waals surface area contributed by atoms with Gasteiger partial charge in [-0.2, -0.15) is 11.8 Å². The van der Waals surface area contributed by atoms with Crippen LogP contribution in [0.5, 0.6) is 0 Å². The zero-order valence-corrected chi connectivity index (χ0v) is 9.68. The summed E-state index contributed by atoms with van der Waals surface area (Å²) in [7, 11) is 0. The highest BCUT2D eigenvalue weighted by Crippen LogP contribution is 2.00. The van der Waals surface area contributed by atoms with Crippen molar-refractivity contribution in [3.63, 3.8) is 0 Å². The second-order valence-corrected chi connectivity index (χ2v) is 4.36. The van der Waals surface area contributed by atoms with E-state index >= 15 is 0 Å². The first-order chi connectivity index (χ1) is 7.02. The van der Waals surface area contributed by atoms with Gasteiger partial charge in [0, 0.05) is 18.7 Å². The van der Waals surface area contributed by atoms with Gasteiger partial charge >= 0.3 is 0 Å². The molecule has 5 nitrogen and oxygen atoms in total. The quantitative estimate of drug-likeness (QED) is 0.493. The molecular formula is C9H18N2O3S. The molecule has 0 radical (unpaired) electrons. The summed E-state index contributed by atoms with van der Waals surface area (Å²) < 4.78 is 0. The van der Waals surface area contributed by atoms with Crippen LogP contribution in [0.4, 0.5) is 0 Å². The van der Waals surface area contributed by atoms with Crippen LogP contribution in [0.3, 0.4) is 0 Å². The van der Waals surface area contributed by atoms with Crippen molar-refractivity contribution < 1.29 is 14.7 Å². The Morgan fingerprint density at radius 1 is 1.53 bits per heavy atom. The van der Waals surface area contributed by atoms with Gasteiger partial charge in [-0.05, 0) is 13.3 Å². The second-order valence-electron chi connectivity index (χ2n) is 3.26. The van der Waals surface area contributed by atoms with Crippen LogP contribution in [0.25, 0.3) is 0 Å². The van der Waals surface area contributed by atoms with Crippen LogP contribution in [0.2, 0.25) is 0 Å². The fourth-order valence-corrected chi connectivity index (χ4v) is 1.52. The Hall–Kier alpha value is -0.750. The SMILES string of the molecule is CC(O)CCNC(=O)CCSCC(N)=O. The minimum absolute atomic E-state index is 0.0624. The molecule has 0 bridgehead atoms. The molecule has 0 aromatic carbocycles. The van der Waals surface area contributed by atoms with E-state index in [1.165, 1.54) is 11.8 Å². The van der Waals surface area contributed by atoms with Gasteiger partial charge < -0.3 is 16.2 Å². The fraction of sp³-hybridized carbons (Fsp3) is 0.778. The molecule has 0 spiro atoms. The van der Waals surface area contributed by atoms with Crippen molar-refractivity contribution in [2.75, 3.05) is 18.1 Å². The van der Waals surface area contributed by atoms with Gasteiger partial charge in [-0.1, -0.05) is 0 Å². The summed E-state index contributed by atoms with van der Waals surface area (Å²) in [4.78, 5) is 21.5. The Morgan fingerprint density at radius 2 is 2.20 bits per heavy atom. The van der Waals surface area contributed by atoms with Crippen LogP contribution in [0, 0.1) is 0 Å². The van der Waals surface area contributed by atoms with Crippen molar-refractivity contribution in [3.05, 3.63) is 0 Å². The van der Waals surface area contributed by atoms with Gasteiger partial charge in [-0.15, -0.1) is 0 Å². The molecule has 0 aliphatic heterocycles. The van der Waals surface area contributed by atoms with E-state index in [0.29, 0.717) is 25.1 Å². The number of thioether (sulfide) groups is 1. The normalized spacial score (nSPS) is 12.1. The highest BCUT2D eigenvalue weighted by molar-refractivity contribution is 7.99. The van der Waals surface area contributed by atoms with Crippen molar-refractivity contribution >= 4 is 23.6 Å². The molecule has 6 heteroatoms. The van der Waals surface area contributed by atoms with Gasteiger partial charge in [0.25, 0.3) is 0 Å². The molecule has 0 heterocycles. The van der Waals surface area contributed by atoms with Crippen molar-refractivity contribution in [3.8, 4) is 0 Å². The first-order valence-electron chi connectivity index (χ1n) is 4.83. The molecule has 0 saturated heterocycles. The summed E-state index contributed by atoms with van der Waals surface area (Å²) in [6.45, 7) is 2.16. The van der Waals surface area contributed by atoms with Crippen LogP contribution < -0.4 is 11.1 Å². The molecule has 0 saturated carbocycles. The highest BCUT2D eigenvalue weighted by atomic mass is 32.2. The molecule has 0 aliphatic rings. The number of hydrogen-bond donors (Lipinski definition) is 3. The average molecular weight is 234 g/mol. The van der Waals surface area contributed by atoms with Gasteiger partial charge in [0.2, 0.25) is 11.8 Å². The maximum absolute atomic E-state index is 11.1. The lowest BCUT2D eigenvalue weighted by Gasteiger charge is -2.06. The van der Waals surface area contributed by atoms with Crippen LogP contribution in [-0.4, -0.2) is 41.1 Å². The Bertz CT molecular complexity index is 210. The molecule has 2 amide bonds. The van der Waals surface area contributed by atoms with E-state index in [1.54, 1.807) is 6.92 Å². The number of aliphatic hydroxyl groups excluding tert-OH is 1. The second kappa shape index (κ2) is 8.55. The maximum atomic E-state index is 11.1. The van der Waals surface area contributed by atoms with Crippen LogP contribution in [0.1, 0.15) is 19.8 Å². The molecule has 0 aromatic heterocycles. The van der Waals surface area contributed by atoms with E-state index in [9.17, 15) is 9.59 Å². The Morgan fingerprint density at radius 3 is 2.73 bits per heavy atom. The summed E-state index contributed by atoms with van der Waals surface area (Å²) in [5, 5.41) is 11.6. The van der Waals surface area contributed by atoms with E-state index in [2.05, 4.69) is 5.32 Å². The van der Waals surface area contributed by atoms with Crippen molar-refractivity contribution in [2.24, 2.45) is 5.73 Å². The molecular weight excluding hydrogens is 216 g/mol. The topological polar surface area (TPSA) is 92.4 Å². The Labute approximate surface area is 93.8 Å². The van der Waals surface area contributed by atoms with Crippen LogP contribution in [-0.2, 0) is 9.59 Å². The molecule has 1 unspecified atom stereocenters. The van der Waals surface area contributed by atoms with E-state index < -0.39 is 6.10 Å². The molecule has 0 aromatic rings. The van der Waals surface area contributed by atoms with Crippen molar-refractivity contribution in [1.29, 1.82) is 0 Å². The highest BCUT2D eigenvalue weighted by Gasteiger charge is 2.02. The predicted molar refractivity (Wildman–Crippen MR) is 60.4 cm³/mol. The smallest absolute Gasteiger partial charge is 0.227 e. The number of hydrogen-bond acceptors (Lipinski definition) is 4. The average Bonchev–Trinajstić information content (AvgIpc) is 2.11. The third kappa shape index (κ3) is 11.2. The van der Waals surface area contributed by atoms with Crippen LogP contribution >= 0.6 is 11.8 Å². The number of carbonyl (C=O) groups excluding carboxylic acids is 2. The van der Waals surface area contributed by atoms with Gasteiger partial charge in [0.05, 0.1) is 11.9 Å². The molecule has 88 valence electrons. The zero-order valence-electron chi connectivity index (χ0n) is 8.86. The van der Waals surface area contributed by atoms with Gasteiger partial charge in [-0.25, -0.2) is 0 Å². The van der Waals surface area contributed by atoms with Crippen molar-refractivity contribution in [1.82, 2.24) is 5.32 Å². The summed E-state index contributed by atoms with van der Waals surface area (Å²) >= 11 is 1.34. The molecule has 0 rings (SSSR count). The number of primary amides is 1. The monoisotopic (exact) mass is 234 g/mol. The van der Waals surface area contributed by atoms with E-state index in [0.717, 1.165) is 0 Å². The lowest BCUT2D eigenvalue weighted by molar-refractivity contribution is -0.120. The number of amides is 2.